The van der Waals surface area contributed by atoms with Crippen molar-refractivity contribution >= 4 is 17.7 Å². The summed E-state index contributed by atoms with van der Waals surface area (Å²) in [5, 5.41) is 0. The standard InChI is InChI=1S/C36H39N3O3/c1-29(38(26-30-14-6-2-7-15-30)27-31-16-8-3-9-17-31)28-42-36(41)37-24-22-34(23-25-37)39(33-20-12-5-13-21-33)35(40)32-18-10-4-11-19-32/h2-21,29,34H,22-28H2,1H3. The van der Waals surface area contributed by atoms with Gasteiger partial charge in [0.05, 0.1) is 0 Å². The summed E-state index contributed by atoms with van der Waals surface area (Å²) in [5.41, 5.74) is 3.98. The fraction of sp³-hybridized carbons (Fsp3) is 0.278. The number of ether oxygens (including phenoxy) is 1. The molecule has 0 bridgehead atoms. The van der Waals surface area contributed by atoms with Gasteiger partial charge < -0.3 is 14.5 Å². The van der Waals surface area contributed by atoms with Crippen LogP contribution in [0.4, 0.5) is 10.5 Å². The largest absolute Gasteiger partial charge is 0.448 e. The summed E-state index contributed by atoms with van der Waals surface area (Å²) in [6.07, 6.45) is 1.08. The molecule has 42 heavy (non-hydrogen) atoms. The third-order valence-corrected chi connectivity index (χ3v) is 7.89. The Kier molecular flexibility index (Phi) is 10.0. The van der Waals surface area contributed by atoms with E-state index >= 15 is 0 Å². The molecule has 0 spiro atoms. The minimum Gasteiger partial charge on any atom is -0.448 e. The van der Waals surface area contributed by atoms with Crippen LogP contribution < -0.4 is 4.90 Å². The Morgan fingerprint density at radius 2 is 1.21 bits per heavy atom. The number of nitrogens with zero attached hydrogens (tertiary/aromatic N) is 3. The summed E-state index contributed by atoms with van der Waals surface area (Å²) < 4.78 is 5.86. The molecule has 1 fully saturated rings. The third-order valence-electron chi connectivity index (χ3n) is 7.89. The van der Waals surface area contributed by atoms with Gasteiger partial charge >= 0.3 is 6.09 Å². The first-order valence-electron chi connectivity index (χ1n) is 14.8. The SMILES string of the molecule is CC(COC(=O)N1CCC(N(C(=O)c2ccccc2)c2ccccc2)CC1)N(Cc1ccccc1)Cc1ccccc1. The van der Waals surface area contributed by atoms with Crippen LogP contribution in [-0.4, -0.2) is 53.6 Å². The smallest absolute Gasteiger partial charge is 0.409 e. The van der Waals surface area contributed by atoms with Gasteiger partial charge in [0, 0.05) is 49.5 Å². The van der Waals surface area contributed by atoms with Gasteiger partial charge in [-0.05, 0) is 55.2 Å². The maximum atomic E-state index is 13.6. The fourth-order valence-corrected chi connectivity index (χ4v) is 5.50. The van der Waals surface area contributed by atoms with E-state index in [1.807, 2.05) is 77.7 Å². The molecule has 1 aliphatic rings. The van der Waals surface area contributed by atoms with Gasteiger partial charge in [0.25, 0.3) is 5.91 Å². The van der Waals surface area contributed by atoms with Crippen LogP contribution in [0.5, 0.6) is 0 Å². The second-order valence-electron chi connectivity index (χ2n) is 10.9. The van der Waals surface area contributed by atoms with Crippen molar-refractivity contribution in [2.75, 3.05) is 24.6 Å². The first kappa shape index (κ1) is 29.1. The third kappa shape index (κ3) is 7.65. The average Bonchev–Trinajstić information content (AvgIpc) is 3.05. The van der Waals surface area contributed by atoms with Crippen LogP contribution in [0.2, 0.25) is 0 Å². The number of hydrogen-bond acceptors (Lipinski definition) is 4. The van der Waals surface area contributed by atoms with Gasteiger partial charge in [-0.1, -0.05) is 97.1 Å². The van der Waals surface area contributed by atoms with Crippen LogP contribution >= 0.6 is 0 Å². The predicted octanol–water partition coefficient (Wildman–Crippen LogP) is 7.03. The van der Waals surface area contributed by atoms with E-state index in [1.54, 1.807) is 4.90 Å². The second kappa shape index (κ2) is 14.5. The topological polar surface area (TPSA) is 53.1 Å². The molecule has 6 heteroatoms. The lowest BCUT2D eigenvalue weighted by Crippen LogP contribution is -2.49. The Balaban J connectivity index is 1.19. The van der Waals surface area contributed by atoms with Crippen molar-refractivity contribution in [2.24, 2.45) is 0 Å². The molecule has 216 valence electrons. The number of para-hydroxylation sites is 1. The van der Waals surface area contributed by atoms with Crippen molar-refractivity contribution in [3.05, 3.63) is 138 Å². The number of rotatable bonds is 10. The van der Waals surface area contributed by atoms with E-state index < -0.39 is 0 Å². The molecule has 0 aromatic heterocycles. The second-order valence-corrected chi connectivity index (χ2v) is 10.9. The Morgan fingerprint density at radius 3 is 1.74 bits per heavy atom. The summed E-state index contributed by atoms with van der Waals surface area (Å²) in [4.78, 5) is 32.7. The number of benzene rings is 4. The van der Waals surface area contributed by atoms with Crippen molar-refractivity contribution in [1.29, 1.82) is 0 Å². The quantitative estimate of drug-likeness (QED) is 0.209. The van der Waals surface area contributed by atoms with E-state index in [9.17, 15) is 9.59 Å². The van der Waals surface area contributed by atoms with Crippen molar-refractivity contribution in [3.8, 4) is 0 Å². The Hall–Kier alpha value is -4.42. The minimum atomic E-state index is -0.291. The van der Waals surface area contributed by atoms with Gasteiger partial charge in [-0.3, -0.25) is 9.69 Å². The number of carbonyl (C=O) groups excluding carboxylic acids is 2. The maximum absolute atomic E-state index is 13.6. The highest BCUT2D eigenvalue weighted by molar-refractivity contribution is 6.06. The lowest BCUT2D eigenvalue weighted by Gasteiger charge is -2.38. The Labute approximate surface area is 249 Å². The van der Waals surface area contributed by atoms with Crippen LogP contribution in [0.25, 0.3) is 0 Å². The molecule has 0 radical (unpaired) electrons. The number of likely N-dealkylation sites (tertiary alicyclic amines) is 1. The molecular formula is C36H39N3O3. The highest BCUT2D eigenvalue weighted by Crippen LogP contribution is 2.26. The van der Waals surface area contributed by atoms with E-state index in [4.69, 9.17) is 4.74 Å². The zero-order valence-electron chi connectivity index (χ0n) is 24.2. The highest BCUT2D eigenvalue weighted by atomic mass is 16.6. The summed E-state index contributed by atoms with van der Waals surface area (Å²) in [7, 11) is 0. The van der Waals surface area contributed by atoms with Gasteiger partial charge in [-0.2, -0.15) is 0 Å². The summed E-state index contributed by atoms with van der Waals surface area (Å²) in [6.45, 7) is 5.04. The average molecular weight is 562 g/mol. The van der Waals surface area contributed by atoms with E-state index in [0.717, 1.165) is 18.8 Å². The summed E-state index contributed by atoms with van der Waals surface area (Å²) in [6, 6.07) is 40.0. The molecule has 6 nitrogen and oxygen atoms in total. The molecular weight excluding hydrogens is 522 g/mol. The Bertz CT molecular complexity index is 1350. The normalized spacial score (nSPS) is 14.4. The minimum absolute atomic E-state index is 0.00434. The zero-order valence-corrected chi connectivity index (χ0v) is 24.2. The first-order valence-corrected chi connectivity index (χ1v) is 14.8. The lowest BCUT2D eigenvalue weighted by atomic mass is 10.0. The molecule has 1 aliphatic heterocycles. The van der Waals surface area contributed by atoms with E-state index in [0.29, 0.717) is 38.1 Å². The monoisotopic (exact) mass is 561 g/mol. The summed E-state index contributed by atoms with van der Waals surface area (Å²) >= 11 is 0. The molecule has 1 atom stereocenters. The highest BCUT2D eigenvalue weighted by Gasteiger charge is 2.32. The van der Waals surface area contributed by atoms with Gasteiger partial charge in [-0.25, -0.2) is 4.79 Å². The molecule has 0 N–H and O–H groups in total. The Morgan fingerprint density at radius 1 is 0.738 bits per heavy atom. The van der Waals surface area contributed by atoms with Gasteiger partial charge in [0.2, 0.25) is 0 Å². The molecule has 4 aromatic rings. The summed E-state index contributed by atoms with van der Waals surface area (Å²) in [5.74, 6) is -0.0198. The number of amides is 2. The molecule has 2 amide bonds. The zero-order chi connectivity index (χ0) is 29.1. The van der Waals surface area contributed by atoms with E-state index in [2.05, 4.69) is 60.4 Å². The molecule has 4 aromatic carbocycles. The van der Waals surface area contributed by atoms with Crippen LogP contribution in [0.1, 0.15) is 41.3 Å². The van der Waals surface area contributed by atoms with Crippen molar-refractivity contribution in [2.45, 2.75) is 44.9 Å². The van der Waals surface area contributed by atoms with Crippen LogP contribution in [-0.2, 0) is 17.8 Å². The molecule has 1 heterocycles. The van der Waals surface area contributed by atoms with Gasteiger partial charge in [0.15, 0.2) is 0 Å². The van der Waals surface area contributed by atoms with E-state index in [1.165, 1.54) is 11.1 Å². The van der Waals surface area contributed by atoms with Gasteiger partial charge in [-0.15, -0.1) is 0 Å². The molecule has 0 saturated carbocycles. The molecule has 5 rings (SSSR count). The number of piperidine rings is 1. The number of carbonyl (C=O) groups is 2. The maximum Gasteiger partial charge on any atom is 0.409 e. The lowest BCUT2D eigenvalue weighted by molar-refractivity contribution is 0.0585. The van der Waals surface area contributed by atoms with Gasteiger partial charge in [0.1, 0.15) is 6.61 Å². The number of hydrogen-bond donors (Lipinski definition) is 0. The van der Waals surface area contributed by atoms with E-state index in [-0.39, 0.29) is 24.1 Å². The van der Waals surface area contributed by atoms with Crippen molar-refractivity contribution < 1.29 is 14.3 Å². The van der Waals surface area contributed by atoms with Crippen molar-refractivity contribution in [1.82, 2.24) is 9.80 Å². The first-order chi connectivity index (χ1) is 20.6. The molecule has 0 aliphatic carbocycles. The predicted molar refractivity (Wildman–Crippen MR) is 167 cm³/mol. The van der Waals surface area contributed by atoms with Crippen molar-refractivity contribution in [3.63, 3.8) is 0 Å². The number of anilines is 1. The van der Waals surface area contributed by atoms with Crippen LogP contribution in [0, 0.1) is 0 Å². The molecule has 1 saturated heterocycles. The fourth-order valence-electron chi connectivity index (χ4n) is 5.50. The molecule has 1 unspecified atom stereocenters. The van der Waals surface area contributed by atoms with Crippen LogP contribution in [0.15, 0.2) is 121 Å². The van der Waals surface area contributed by atoms with Crippen LogP contribution in [0.3, 0.4) is 0 Å².